The molecule has 1 aliphatic heterocycles. The zero-order valence-electron chi connectivity index (χ0n) is 20.3. The molecule has 1 fully saturated rings. The lowest BCUT2D eigenvalue weighted by atomic mass is 9.95. The molecule has 0 radical (unpaired) electrons. The van der Waals surface area contributed by atoms with Crippen molar-refractivity contribution in [3.05, 3.63) is 101 Å². The molecular weight excluding hydrogens is 458 g/mol. The number of hydrogen-bond acceptors (Lipinski definition) is 6. The van der Waals surface area contributed by atoms with Crippen molar-refractivity contribution in [1.29, 1.82) is 0 Å². The number of carbonyl (C=O) groups is 2. The Morgan fingerprint density at radius 2 is 1.67 bits per heavy atom. The van der Waals surface area contributed by atoms with E-state index in [1.54, 1.807) is 38.5 Å². The molecule has 1 atom stereocenters. The summed E-state index contributed by atoms with van der Waals surface area (Å²) in [6, 6.07) is 23.0. The van der Waals surface area contributed by atoms with Crippen LogP contribution in [0.5, 0.6) is 11.5 Å². The van der Waals surface area contributed by atoms with E-state index in [1.807, 2.05) is 54.6 Å². The van der Waals surface area contributed by atoms with Crippen molar-refractivity contribution < 1.29 is 28.9 Å². The molecule has 3 aromatic rings. The Morgan fingerprint density at radius 1 is 0.917 bits per heavy atom. The summed E-state index contributed by atoms with van der Waals surface area (Å²) in [6.07, 6.45) is 0.548. The molecule has 1 saturated heterocycles. The largest absolute Gasteiger partial charge is 0.507 e. The molecule has 1 N–H and O–H groups in total. The summed E-state index contributed by atoms with van der Waals surface area (Å²) in [7, 11) is 3.14. The van der Waals surface area contributed by atoms with Gasteiger partial charge in [0, 0.05) is 25.8 Å². The number of likely N-dealkylation sites (tertiary alicyclic amines) is 1. The highest BCUT2D eigenvalue weighted by molar-refractivity contribution is 6.46. The maximum absolute atomic E-state index is 13.2. The van der Waals surface area contributed by atoms with E-state index >= 15 is 0 Å². The maximum atomic E-state index is 13.2. The number of Topliss-reactive ketones (excluding diaryl/α,β-unsaturated/α-hetero) is 1. The first-order valence-corrected chi connectivity index (χ1v) is 11.7. The Kier molecular flexibility index (Phi) is 8.02. The summed E-state index contributed by atoms with van der Waals surface area (Å²) in [6.45, 7) is 1.12. The summed E-state index contributed by atoms with van der Waals surface area (Å²) in [5, 5.41) is 11.2. The van der Waals surface area contributed by atoms with Gasteiger partial charge in [0.05, 0.1) is 18.7 Å². The summed E-state index contributed by atoms with van der Waals surface area (Å²) in [5.41, 5.74) is 2.16. The third kappa shape index (κ3) is 5.42. The van der Waals surface area contributed by atoms with Gasteiger partial charge in [-0.1, -0.05) is 42.5 Å². The molecule has 0 aliphatic carbocycles. The fourth-order valence-corrected chi connectivity index (χ4v) is 4.26. The summed E-state index contributed by atoms with van der Waals surface area (Å²) in [4.78, 5) is 27.7. The molecule has 4 rings (SSSR count). The highest BCUT2D eigenvalue weighted by atomic mass is 16.5. The molecule has 186 valence electrons. The Balaban J connectivity index is 1.71. The van der Waals surface area contributed by atoms with Crippen molar-refractivity contribution in [3.63, 3.8) is 0 Å². The van der Waals surface area contributed by atoms with Gasteiger partial charge in [-0.25, -0.2) is 0 Å². The lowest BCUT2D eigenvalue weighted by Gasteiger charge is -2.25. The van der Waals surface area contributed by atoms with Crippen molar-refractivity contribution in [3.8, 4) is 11.5 Å². The average Bonchev–Trinajstić information content (AvgIpc) is 3.17. The SMILES string of the molecule is COCCCN1C(=O)C(=O)/C(=C(/O)c2ccc(OC)cc2)C1c1cccc(OCc2ccccc2)c1. The molecule has 1 amide bonds. The number of hydrogen-bond donors (Lipinski definition) is 1. The van der Waals surface area contributed by atoms with Gasteiger partial charge < -0.3 is 24.2 Å². The van der Waals surface area contributed by atoms with Crippen LogP contribution >= 0.6 is 0 Å². The Hall–Kier alpha value is -4.10. The van der Waals surface area contributed by atoms with E-state index in [0.717, 1.165) is 5.56 Å². The Bertz CT molecular complexity index is 1240. The first-order chi connectivity index (χ1) is 17.5. The molecule has 0 aromatic heterocycles. The van der Waals surface area contributed by atoms with Gasteiger partial charge in [-0.05, 0) is 53.9 Å². The molecule has 1 unspecified atom stereocenters. The van der Waals surface area contributed by atoms with Crippen LogP contribution in [-0.4, -0.2) is 49.1 Å². The van der Waals surface area contributed by atoms with E-state index in [4.69, 9.17) is 14.2 Å². The molecule has 7 heteroatoms. The van der Waals surface area contributed by atoms with Crippen molar-refractivity contribution in [2.75, 3.05) is 27.4 Å². The smallest absolute Gasteiger partial charge is 0.295 e. The summed E-state index contributed by atoms with van der Waals surface area (Å²) in [5.74, 6) is -0.386. The number of benzene rings is 3. The van der Waals surface area contributed by atoms with Gasteiger partial charge in [0.1, 0.15) is 23.9 Å². The first kappa shape index (κ1) is 25.0. The third-order valence-electron chi connectivity index (χ3n) is 6.07. The highest BCUT2D eigenvalue weighted by Crippen LogP contribution is 2.40. The Labute approximate surface area is 210 Å². The number of nitrogens with zero attached hydrogens (tertiary/aromatic N) is 1. The zero-order valence-corrected chi connectivity index (χ0v) is 20.3. The predicted octanol–water partition coefficient (Wildman–Crippen LogP) is 4.73. The summed E-state index contributed by atoms with van der Waals surface area (Å²) < 4.78 is 16.3. The molecule has 36 heavy (non-hydrogen) atoms. The van der Waals surface area contributed by atoms with Gasteiger partial charge in [0.25, 0.3) is 11.7 Å². The van der Waals surface area contributed by atoms with Crippen molar-refractivity contribution in [1.82, 2.24) is 4.90 Å². The van der Waals surface area contributed by atoms with Crippen LogP contribution in [0.1, 0.15) is 29.2 Å². The van der Waals surface area contributed by atoms with Crippen LogP contribution in [0.4, 0.5) is 0 Å². The zero-order chi connectivity index (χ0) is 25.5. The number of ketones is 1. The van der Waals surface area contributed by atoms with Gasteiger partial charge in [-0.15, -0.1) is 0 Å². The normalized spacial score (nSPS) is 16.8. The molecule has 7 nitrogen and oxygen atoms in total. The number of carbonyl (C=O) groups excluding carboxylic acids is 2. The van der Waals surface area contributed by atoms with Crippen LogP contribution < -0.4 is 9.47 Å². The van der Waals surface area contributed by atoms with E-state index in [2.05, 4.69) is 0 Å². The second-order valence-corrected chi connectivity index (χ2v) is 8.41. The van der Waals surface area contributed by atoms with Crippen LogP contribution in [-0.2, 0) is 20.9 Å². The number of methoxy groups -OCH3 is 2. The minimum Gasteiger partial charge on any atom is -0.507 e. The predicted molar refractivity (Wildman–Crippen MR) is 136 cm³/mol. The van der Waals surface area contributed by atoms with Crippen LogP contribution in [0.25, 0.3) is 5.76 Å². The van der Waals surface area contributed by atoms with E-state index in [9.17, 15) is 14.7 Å². The van der Waals surface area contributed by atoms with Crippen molar-refractivity contribution in [2.45, 2.75) is 19.1 Å². The average molecular weight is 488 g/mol. The van der Waals surface area contributed by atoms with E-state index in [-0.39, 0.29) is 11.3 Å². The standard InChI is InChI=1S/C29H29NO6/c1-34-17-7-16-30-26(22-10-6-11-24(18-22)36-19-20-8-4-3-5-9-20)25(28(32)29(30)33)27(31)21-12-14-23(35-2)15-13-21/h3-6,8-15,18,26,31H,7,16-17,19H2,1-2H3/b27-25+. The molecule has 3 aromatic carbocycles. The van der Waals surface area contributed by atoms with Gasteiger partial charge >= 0.3 is 0 Å². The van der Waals surface area contributed by atoms with Gasteiger partial charge in [0.15, 0.2) is 0 Å². The van der Waals surface area contributed by atoms with Gasteiger partial charge in [0.2, 0.25) is 0 Å². The van der Waals surface area contributed by atoms with Gasteiger partial charge in [-0.2, -0.15) is 0 Å². The molecule has 0 spiro atoms. The topological polar surface area (TPSA) is 85.3 Å². The minimum absolute atomic E-state index is 0.0443. The third-order valence-corrected chi connectivity index (χ3v) is 6.07. The second kappa shape index (κ2) is 11.6. The molecular formula is C29H29NO6. The fourth-order valence-electron chi connectivity index (χ4n) is 4.26. The lowest BCUT2D eigenvalue weighted by molar-refractivity contribution is -0.140. The highest BCUT2D eigenvalue weighted by Gasteiger charge is 2.45. The van der Waals surface area contributed by atoms with Crippen molar-refractivity contribution >= 4 is 17.4 Å². The minimum atomic E-state index is -0.760. The van der Waals surface area contributed by atoms with Gasteiger partial charge in [-0.3, -0.25) is 9.59 Å². The number of aliphatic hydroxyl groups is 1. The van der Waals surface area contributed by atoms with E-state index in [0.29, 0.717) is 48.8 Å². The van der Waals surface area contributed by atoms with Crippen LogP contribution in [0.2, 0.25) is 0 Å². The van der Waals surface area contributed by atoms with Crippen molar-refractivity contribution in [2.24, 2.45) is 0 Å². The van der Waals surface area contributed by atoms with E-state index in [1.165, 1.54) is 4.90 Å². The second-order valence-electron chi connectivity index (χ2n) is 8.41. The molecule has 1 aliphatic rings. The summed E-state index contributed by atoms with van der Waals surface area (Å²) >= 11 is 0. The quantitative estimate of drug-likeness (QED) is 0.193. The van der Waals surface area contributed by atoms with Crippen LogP contribution in [0.3, 0.4) is 0 Å². The lowest BCUT2D eigenvalue weighted by Crippen LogP contribution is -2.31. The number of amides is 1. The first-order valence-electron chi connectivity index (χ1n) is 11.7. The molecule has 0 bridgehead atoms. The number of ether oxygens (including phenoxy) is 3. The Morgan fingerprint density at radius 3 is 2.36 bits per heavy atom. The maximum Gasteiger partial charge on any atom is 0.295 e. The fraction of sp³-hybridized carbons (Fsp3) is 0.241. The van der Waals surface area contributed by atoms with Crippen LogP contribution in [0, 0.1) is 0 Å². The number of rotatable bonds is 10. The monoisotopic (exact) mass is 487 g/mol. The number of aliphatic hydroxyl groups excluding tert-OH is 1. The van der Waals surface area contributed by atoms with E-state index < -0.39 is 17.7 Å². The van der Waals surface area contributed by atoms with Crippen LogP contribution in [0.15, 0.2) is 84.4 Å². The molecule has 0 saturated carbocycles. The molecule has 1 heterocycles.